The Kier molecular flexibility index (Phi) is 7.41. The normalized spacial score (nSPS) is 11.9. The van der Waals surface area contributed by atoms with Crippen LogP contribution in [0.2, 0.25) is 12.1 Å². The van der Waals surface area contributed by atoms with Gasteiger partial charge in [-0.3, -0.25) is 0 Å². The second kappa shape index (κ2) is 8.56. The van der Waals surface area contributed by atoms with Crippen molar-refractivity contribution in [1.29, 1.82) is 0 Å². The van der Waals surface area contributed by atoms with Crippen molar-refractivity contribution < 1.29 is 22.0 Å². The molecule has 0 amide bonds. The molecule has 0 aliphatic rings. The van der Waals surface area contributed by atoms with Crippen LogP contribution in [0.25, 0.3) is 0 Å². The van der Waals surface area contributed by atoms with E-state index >= 15 is 0 Å². The van der Waals surface area contributed by atoms with Gasteiger partial charge in [0.15, 0.2) is 11.6 Å². The van der Waals surface area contributed by atoms with E-state index in [2.05, 4.69) is 6.92 Å². The van der Waals surface area contributed by atoms with Crippen LogP contribution < -0.4 is 0 Å². The second-order valence-electron chi connectivity index (χ2n) is 5.09. The molecule has 120 valence electrons. The van der Waals surface area contributed by atoms with Crippen LogP contribution in [0.15, 0.2) is 12.1 Å². The predicted octanol–water partition coefficient (Wildman–Crippen LogP) is 4.57. The molecular weight excluding hydrogens is 297 g/mol. The molecule has 0 heterocycles. The van der Waals surface area contributed by atoms with Crippen molar-refractivity contribution in [2.24, 2.45) is 0 Å². The van der Waals surface area contributed by atoms with Gasteiger partial charge in [0.2, 0.25) is 0 Å². The van der Waals surface area contributed by atoms with Crippen molar-refractivity contribution in [3.8, 4) is 0 Å². The lowest BCUT2D eigenvalue weighted by molar-refractivity contribution is 0.241. The lowest BCUT2D eigenvalue weighted by Gasteiger charge is -2.25. The Labute approximate surface area is 125 Å². The summed E-state index contributed by atoms with van der Waals surface area (Å²) in [6.07, 6.45) is 2.93. The van der Waals surface area contributed by atoms with Crippen molar-refractivity contribution in [2.45, 2.75) is 44.7 Å². The summed E-state index contributed by atoms with van der Waals surface area (Å²) < 4.78 is 50.4. The van der Waals surface area contributed by atoms with Crippen LogP contribution in [0.3, 0.4) is 0 Å². The number of unbranched alkanes of at least 4 members (excludes halogenated alkanes) is 2. The summed E-state index contributed by atoms with van der Waals surface area (Å²) in [7, 11) is 1.30. The molecule has 0 atom stereocenters. The number of benzene rings is 1. The summed E-state index contributed by atoms with van der Waals surface area (Å²) in [4.78, 5) is 0. The van der Waals surface area contributed by atoms with Gasteiger partial charge < -0.3 is 8.85 Å². The lowest BCUT2D eigenvalue weighted by Crippen LogP contribution is -2.38. The summed E-state index contributed by atoms with van der Waals surface area (Å²) in [6, 6.07) is 3.32. The standard InChI is InChI=1S/C15H23F3O2Si/c1-4-21(19-2,20-3)9-7-5-6-8-12-10-14(17)15(18)11-13(12)16/h10-11H,4-9H2,1-3H3. The fourth-order valence-corrected chi connectivity index (χ4v) is 4.69. The van der Waals surface area contributed by atoms with Crippen LogP contribution in [-0.2, 0) is 15.3 Å². The molecule has 1 aromatic carbocycles. The monoisotopic (exact) mass is 320 g/mol. The molecule has 21 heavy (non-hydrogen) atoms. The number of rotatable bonds is 9. The molecule has 0 aromatic heterocycles. The summed E-state index contributed by atoms with van der Waals surface area (Å²) in [6.45, 7) is 2.05. The third-order valence-electron chi connectivity index (χ3n) is 3.88. The molecule has 0 bridgehead atoms. The Bertz CT molecular complexity index is 443. The lowest BCUT2D eigenvalue weighted by atomic mass is 10.1. The zero-order valence-corrected chi connectivity index (χ0v) is 13.8. The van der Waals surface area contributed by atoms with E-state index in [1.54, 1.807) is 14.2 Å². The number of aryl methyl sites for hydroxylation is 1. The van der Waals surface area contributed by atoms with Crippen LogP contribution >= 0.6 is 0 Å². The van der Waals surface area contributed by atoms with E-state index < -0.39 is 26.0 Å². The van der Waals surface area contributed by atoms with Gasteiger partial charge in [-0.05, 0) is 36.6 Å². The number of hydrogen-bond donors (Lipinski definition) is 0. The average molecular weight is 320 g/mol. The first kappa shape index (κ1) is 18.2. The van der Waals surface area contributed by atoms with Crippen molar-refractivity contribution in [2.75, 3.05) is 14.2 Å². The minimum atomic E-state index is -2.06. The molecule has 0 fully saturated rings. The largest absolute Gasteiger partial charge is 0.398 e. The van der Waals surface area contributed by atoms with E-state index in [9.17, 15) is 13.2 Å². The van der Waals surface area contributed by atoms with Gasteiger partial charge in [-0.15, -0.1) is 0 Å². The molecule has 1 rings (SSSR count). The van der Waals surface area contributed by atoms with E-state index in [1.165, 1.54) is 0 Å². The first-order chi connectivity index (χ1) is 9.98. The molecule has 0 aliphatic heterocycles. The van der Waals surface area contributed by atoms with Gasteiger partial charge in [0.25, 0.3) is 0 Å². The second-order valence-corrected chi connectivity index (χ2v) is 8.94. The molecular formula is C15H23F3O2Si. The van der Waals surface area contributed by atoms with Crippen molar-refractivity contribution in [3.05, 3.63) is 35.1 Å². The third-order valence-corrected chi connectivity index (χ3v) is 7.56. The number of halogens is 3. The van der Waals surface area contributed by atoms with Gasteiger partial charge in [0.05, 0.1) is 0 Å². The zero-order valence-electron chi connectivity index (χ0n) is 12.8. The molecule has 0 saturated heterocycles. The van der Waals surface area contributed by atoms with Gasteiger partial charge in [0.1, 0.15) is 5.82 Å². The first-order valence-corrected chi connectivity index (χ1v) is 9.44. The van der Waals surface area contributed by atoms with E-state index in [1.807, 2.05) is 0 Å². The minimum Gasteiger partial charge on any atom is -0.398 e. The predicted molar refractivity (Wildman–Crippen MR) is 78.9 cm³/mol. The summed E-state index contributed by atoms with van der Waals surface area (Å²) >= 11 is 0. The fourth-order valence-electron chi connectivity index (χ4n) is 2.39. The van der Waals surface area contributed by atoms with Crippen molar-refractivity contribution >= 4 is 8.56 Å². The maximum atomic E-state index is 13.5. The van der Waals surface area contributed by atoms with Gasteiger partial charge in [-0.2, -0.15) is 0 Å². The van der Waals surface area contributed by atoms with Gasteiger partial charge >= 0.3 is 8.56 Å². The molecule has 0 unspecified atom stereocenters. The number of hydrogen-bond acceptors (Lipinski definition) is 2. The fraction of sp³-hybridized carbons (Fsp3) is 0.600. The zero-order chi connectivity index (χ0) is 15.9. The Hall–Kier alpha value is -0.853. The van der Waals surface area contributed by atoms with Crippen molar-refractivity contribution in [3.63, 3.8) is 0 Å². The highest BCUT2D eigenvalue weighted by Crippen LogP contribution is 2.22. The Morgan fingerprint density at radius 1 is 0.905 bits per heavy atom. The average Bonchev–Trinajstić information content (AvgIpc) is 2.48. The van der Waals surface area contributed by atoms with Gasteiger partial charge in [-0.1, -0.05) is 19.8 Å². The van der Waals surface area contributed by atoms with Crippen LogP contribution in [0, 0.1) is 17.5 Å². The van der Waals surface area contributed by atoms with E-state index in [4.69, 9.17) is 8.85 Å². The van der Waals surface area contributed by atoms with Crippen molar-refractivity contribution in [1.82, 2.24) is 0 Å². The first-order valence-electron chi connectivity index (χ1n) is 7.21. The Balaban J connectivity index is 2.40. The van der Waals surface area contributed by atoms with Crippen LogP contribution in [0.4, 0.5) is 13.2 Å². The van der Waals surface area contributed by atoms with Crippen LogP contribution in [-0.4, -0.2) is 22.8 Å². The highest BCUT2D eigenvalue weighted by atomic mass is 28.4. The van der Waals surface area contributed by atoms with E-state index in [-0.39, 0.29) is 5.56 Å². The third kappa shape index (κ3) is 5.12. The maximum Gasteiger partial charge on any atom is 0.337 e. The smallest absolute Gasteiger partial charge is 0.337 e. The summed E-state index contributed by atoms with van der Waals surface area (Å²) in [5.74, 6) is -2.82. The highest BCUT2D eigenvalue weighted by Gasteiger charge is 2.32. The van der Waals surface area contributed by atoms with Gasteiger partial charge in [0, 0.05) is 20.3 Å². The molecule has 1 aromatic rings. The molecule has 0 spiro atoms. The summed E-state index contributed by atoms with van der Waals surface area (Å²) in [5, 5.41) is 0. The minimum absolute atomic E-state index is 0.228. The quantitative estimate of drug-likeness (QED) is 0.377. The summed E-state index contributed by atoms with van der Waals surface area (Å²) in [5.41, 5.74) is 0.228. The maximum absolute atomic E-state index is 13.5. The van der Waals surface area contributed by atoms with Crippen LogP contribution in [0.1, 0.15) is 31.7 Å². The molecule has 0 radical (unpaired) electrons. The molecule has 0 saturated carbocycles. The molecule has 2 nitrogen and oxygen atoms in total. The topological polar surface area (TPSA) is 18.5 Å². The Morgan fingerprint density at radius 2 is 1.52 bits per heavy atom. The molecule has 0 N–H and O–H groups in total. The van der Waals surface area contributed by atoms with Crippen LogP contribution in [0.5, 0.6) is 0 Å². The van der Waals surface area contributed by atoms with E-state index in [0.29, 0.717) is 12.5 Å². The SMILES string of the molecule is CC[Si](CCCCCc1cc(F)c(F)cc1F)(OC)OC. The van der Waals surface area contributed by atoms with E-state index in [0.717, 1.165) is 37.4 Å². The Morgan fingerprint density at radius 3 is 2.10 bits per heavy atom. The van der Waals surface area contributed by atoms with Gasteiger partial charge in [-0.25, -0.2) is 13.2 Å². The molecule has 0 aliphatic carbocycles. The molecule has 6 heteroatoms. The highest BCUT2D eigenvalue weighted by molar-refractivity contribution is 6.67.